The molecule has 2 aliphatic rings. The summed E-state index contributed by atoms with van der Waals surface area (Å²) in [6.07, 6.45) is 5.32. The molecule has 0 bridgehead atoms. The van der Waals surface area contributed by atoms with Crippen LogP contribution in [0.2, 0.25) is 0 Å². The smallest absolute Gasteiger partial charge is 0.0363 e. The molecule has 3 unspecified atom stereocenters. The van der Waals surface area contributed by atoms with Gasteiger partial charge in [0, 0.05) is 48.0 Å². The summed E-state index contributed by atoms with van der Waals surface area (Å²) < 4.78 is 11.5. The number of hydrogen-bond acceptors (Lipinski definition) is 3. The fraction of sp³-hybridized carbons (Fsp3) is 1.00. The van der Waals surface area contributed by atoms with Crippen LogP contribution < -0.4 is 5.32 Å². The molecule has 1 aliphatic carbocycles. The van der Waals surface area contributed by atoms with Crippen molar-refractivity contribution in [1.82, 2.24) is 10.2 Å². The van der Waals surface area contributed by atoms with E-state index in [1.165, 1.54) is 32.2 Å². The summed E-state index contributed by atoms with van der Waals surface area (Å²) in [4.78, 5) is 2.56. The number of nitrogens with one attached hydrogen (secondary N) is 1. The van der Waals surface area contributed by atoms with Crippen LogP contribution in [0.25, 0.3) is 0 Å². The van der Waals surface area contributed by atoms with Crippen LogP contribution in [-0.2, 0) is 10.8 Å². The molecule has 3 atom stereocenters. The Morgan fingerprint density at radius 1 is 1.24 bits per heavy atom. The average molecular weight is 315 g/mol. The lowest BCUT2D eigenvalue weighted by molar-refractivity contribution is 0.125. The molecule has 4 heteroatoms. The Hall–Kier alpha value is 0.0700. The molecule has 0 radical (unpaired) electrons. The van der Waals surface area contributed by atoms with Gasteiger partial charge in [0.05, 0.1) is 0 Å². The van der Waals surface area contributed by atoms with Crippen LogP contribution in [0.4, 0.5) is 0 Å². The third-order valence-electron chi connectivity index (χ3n) is 5.39. The first kappa shape index (κ1) is 17.4. The van der Waals surface area contributed by atoms with Crippen LogP contribution in [0.1, 0.15) is 46.5 Å². The van der Waals surface area contributed by atoms with Gasteiger partial charge in [0.2, 0.25) is 0 Å². The minimum Gasteiger partial charge on any atom is -0.314 e. The van der Waals surface area contributed by atoms with Gasteiger partial charge in [-0.3, -0.25) is 4.21 Å². The molecule has 3 nitrogen and oxygen atoms in total. The van der Waals surface area contributed by atoms with Gasteiger partial charge in [-0.15, -0.1) is 0 Å². The molecule has 124 valence electrons. The molecule has 0 spiro atoms. The summed E-state index contributed by atoms with van der Waals surface area (Å²) in [6, 6.07) is 0.701. The maximum atomic E-state index is 11.5. The average Bonchev–Trinajstić information content (AvgIpc) is 2.48. The summed E-state index contributed by atoms with van der Waals surface area (Å²) in [5, 5.41) is 3.79. The Morgan fingerprint density at radius 2 is 1.95 bits per heavy atom. The van der Waals surface area contributed by atoms with Gasteiger partial charge < -0.3 is 10.2 Å². The summed E-state index contributed by atoms with van der Waals surface area (Å²) in [7, 11) is -0.553. The minimum atomic E-state index is -0.553. The molecule has 1 N–H and O–H groups in total. The highest BCUT2D eigenvalue weighted by atomic mass is 32.2. The van der Waals surface area contributed by atoms with Crippen molar-refractivity contribution in [2.45, 2.75) is 52.5 Å². The maximum Gasteiger partial charge on any atom is 0.0363 e. The Bertz CT molecular complexity index is 325. The van der Waals surface area contributed by atoms with Crippen LogP contribution in [-0.4, -0.2) is 52.8 Å². The summed E-state index contributed by atoms with van der Waals surface area (Å²) >= 11 is 0. The van der Waals surface area contributed by atoms with E-state index in [4.69, 9.17) is 0 Å². The van der Waals surface area contributed by atoms with Gasteiger partial charge >= 0.3 is 0 Å². The largest absolute Gasteiger partial charge is 0.314 e. The lowest BCUT2D eigenvalue weighted by atomic mass is 9.73. The topological polar surface area (TPSA) is 32.3 Å². The molecule has 1 heterocycles. The van der Waals surface area contributed by atoms with Gasteiger partial charge in [-0.1, -0.05) is 20.8 Å². The second kappa shape index (κ2) is 8.64. The lowest BCUT2D eigenvalue weighted by Gasteiger charge is -2.41. The standard InChI is InChI=1S/C17H34N2OS/c1-4-7-18-17-6-5-15(14(2)3)12-16(17)13-19-8-10-21(20)11-9-19/h14-18H,4-13H2,1-3H3. The van der Waals surface area contributed by atoms with E-state index in [9.17, 15) is 4.21 Å². The quantitative estimate of drug-likeness (QED) is 0.817. The molecular formula is C17H34N2OS. The van der Waals surface area contributed by atoms with Gasteiger partial charge in [-0.2, -0.15) is 0 Å². The SMILES string of the molecule is CCCNC1CCC(C(C)C)CC1CN1CCS(=O)CC1. The predicted molar refractivity (Wildman–Crippen MR) is 92.1 cm³/mol. The van der Waals surface area contributed by atoms with E-state index in [0.29, 0.717) is 6.04 Å². The number of rotatable bonds is 6. The highest BCUT2D eigenvalue weighted by molar-refractivity contribution is 7.85. The zero-order chi connectivity index (χ0) is 15.2. The molecule has 0 aromatic rings. The van der Waals surface area contributed by atoms with Crippen molar-refractivity contribution >= 4 is 10.8 Å². The molecule has 2 fully saturated rings. The molecule has 0 aromatic carbocycles. The summed E-state index contributed by atoms with van der Waals surface area (Å²) in [5.41, 5.74) is 0. The van der Waals surface area contributed by atoms with Crippen molar-refractivity contribution in [2.24, 2.45) is 17.8 Å². The summed E-state index contributed by atoms with van der Waals surface area (Å²) in [6.45, 7) is 11.4. The predicted octanol–water partition coefficient (Wildman–Crippen LogP) is 2.49. The molecular weight excluding hydrogens is 280 g/mol. The fourth-order valence-electron chi connectivity index (χ4n) is 3.90. The second-order valence-corrected chi connectivity index (χ2v) is 8.98. The Kier molecular flexibility index (Phi) is 7.17. The monoisotopic (exact) mass is 314 g/mol. The Balaban J connectivity index is 1.90. The fourth-order valence-corrected chi connectivity index (χ4v) is 5.02. The molecule has 0 aromatic heterocycles. The van der Waals surface area contributed by atoms with Crippen LogP contribution >= 0.6 is 0 Å². The van der Waals surface area contributed by atoms with E-state index in [1.54, 1.807) is 0 Å². The van der Waals surface area contributed by atoms with Crippen molar-refractivity contribution in [2.75, 3.05) is 37.7 Å². The number of nitrogens with zero attached hydrogens (tertiary/aromatic N) is 1. The van der Waals surface area contributed by atoms with E-state index in [2.05, 4.69) is 31.0 Å². The normalized spacial score (nSPS) is 32.7. The zero-order valence-corrected chi connectivity index (χ0v) is 15.0. The van der Waals surface area contributed by atoms with Gasteiger partial charge in [0.25, 0.3) is 0 Å². The first-order valence-corrected chi connectivity index (χ1v) is 10.4. The minimum absolute atomic E-state index is 0.553. The van der Waals surface area contributed by atoms with Crippen molar-refractivity contribution in [3.05, 3.63) is 0 Å². The van der Waals surface area contributed by atoms with Gasteiger partial charge in [-0.25, -0.2) is 0 Å². The van der Waals surface area contributed by atoms with Crippen molar-refractivity contribution < 1.29 is 4.21 Å². The van der Waals surface area contributed by atoms with Gasteiger partial charge in [0.15, 0.2) is 0 Å². The Morgan fingerprint density at radius 3 is 2.57 bits per heavy atom. The zero-order valence-electron chi connectivity index (χ0n) is 14.1. The second-order valence-electron chi connectivity index (χ2n) is 7.29. The third-order valence-corrected chi connectivity index (χ3v) is 6.66. The van der Waals surface area contributed by atoms with Crippen molar-refractivity contribution in [1.29, 1.82) is 0 Å². The molecule has 21 heavy (non-hydrogen) atoms. The van der Waals surface area contributed by atoms with Crippen LogP contribution in [0.15, 0.2) is 0 Å². The molecule has 2 rings (SSSR count). The van der Waals surface area contributed by atoms with Gasteiger partial charge in [0.1, 0.15) is 0 Å². The highest BCUT2D eigenvalue weighted by Crippen LogP contribution is 2.34. The molecule has 0 amide bonds. The van der Waals surface area contributed by atoms with Crippen LogP contribution in [0, 0.1) is 17.8 Å². The summed E-state index contributed by atoms with van der Waals surface area (Å²) in [5.74, 6) is 4.26. The Labute approximate surface area is 133 Å². The van der Waals surface area contributed by atoms with Crippen LogP contribution in [0.5, 0.6) is 0 Å². The van der Waals surface area contributed by atoms with E-state index in [0.717, 1.165) is 48.9 Å². The molecule has 1 saturated heterocycles. The van der Waals surface area contributed by atoms with Crippen molar-refractivity contribution in [3.8, 4) is 0 Å². The van der Waals surface area contributed by atoms with E-state index < -0.39 is 10.8 Å². The maximum absolute atomic E-state index is 11.5. The van der Waals surface area contributed by atoms with Crippen molar-refractivity contribution in [3.63, 3.8) is 0 Å². The lowest BCUT2D eigenvalue weighted by Crippen LogP contribution is -2.49. The van der Waals surface area contributed by atoms with E-state index in [1.807, 2.05) is 0 Å². The van der Waals surface area contributed by atoms with E-state index >= 15 is 0 Å². The molecule has 1 saturated carbocycles. The van der Waals surface area contributed by atoms with Crippen LogP contribution in [0.3, 0.4) is 0 Å². The number of hydrogen-bond donors (Lipinski definition) is 1. The first-order valence-electron chi connectivity index (χ1n) is 8.90. The highest BCUT2D eigenvalue weighted by Gasteiger charge is 2.33. The first-order chi connectivity index (χ1) is 10.1. The third kappa shape index (κ3) is 5.33. The van der Waals surface area contributed by atoms with E-state index in [-0.39, 0.29) is 0 Å². The van der Waals surface area contributed by atoms with Gasteiger partial charge in [-0.05, 0) is 50.0 Å². The molecule has 1 aliphatic heterocycles.